The Bertz CT molecular complexity index is 1950. The first-order valence-electron chi connectivity index (χ1n) is 18.9. The monoisotopic (exact) mass is 767 g/mol. The van der Waals surface area contributed by atoms with Gasteiger partial charge in [0, 0.05) is 38.0 Å². The highest BCUT2D eigenvalue weighted by atomic mass is 32.1. The van der Waals surface area contributed by atoms with E-state index in [1.165, 1.54) is 5.56 Å². The molecule has 290 valence electrons. The van der Waals surface area contributed by atoms with Crippen molar-refractivity contribution >= 4 is 41.2 Å². The normalized spacial score (nSPS) is 15.3. The lowest BCUT2D eigenvalue weighted by Gasteiger charge is -2.27. The number of anilines is 1. The number of aromatic nitrogens is 1. The number of aryl methyl sites for hydroxylation is 3. The molecule has 4 aromatic rings. The summed E-state index contributed by atoms with van der Waals surface area (Å²) in [6.45, 7) is 4.31. The minimum absolute atomic E-state index is 0.0317. The number of nitrogens with two attached hydrogens (primary N) is 1. The van der Waals surface area contributed by atoms with Crippen molar-refractivity contribution in [1.82, 2.24) is 15.6 Å². The molecule has 0 aliphatic carbocycles. The lowest BCUT2D eigenvalue weighted by Crippen LogP contribution is -2.51. The van der Waals surface area contributed by atoms with Crippen LogP contribution in [0.25, 0.3) is 10.4 Å². The maximum Gasteiger partial charge on any atom is 0.243 e. The molecule has 13 heteroatoms. The van der Waals surface area contributed by atoms with E-state index in [4.69, 9.17) is 19.9 Å². The van der Waals surface area contributed by atoms with E-state index in [9.17, 15) is 19.2 Å². The van der Waals surface area contributed by atoms with Crippen LogP contribution in [0, 0.1) is 6.92 Å². The number of para-hydroxylation sites is 1. The van der Waals surface area contributed by atoms with Crippen LogP contribution in [0.1, 0.15) is 65.6 Å². The predicted molar refractivity (Wildman–Crippen MR) is 211 cm³/mol. The molecule has 4 amide bonds. The zero-order valence-corrected chi connectivity index (χ0v) is 32.0. The quantitative estimate of drug-likeness (QED) is 0.0793. The van der Waals surface area contributed by atoms with Crippen LogP contribution in [0.4, 0.5) is 5.69 Å². The molecule has 2 aliphatic rings. The van der Waals surface area contributed by atoms with Gasteiger partial charge in [-0.1, -0.05) is 54.6 Å². The van der Waals surface area contributed by atoms with Gasteiger partial charge in [0.2, 0.25) is 24.1 Å². The van der Waals surface area contributed by atoms with E-state index < -0.39 is 18.0 Å². The van der Waals surface area contributed by atoms with Crippen LogP contribution in [-0.2, 0) is 61.1 Å². The average molecular weight is 768 g/mol. The molecule has 2 atom stereocenters. The Kier molecular flexibility index (Phi) is 14.0. The molecule has 6 rings (SSSR count). The zero-order valence-electron chi connectivity index (χ0n) is 31.2. The van der Waals surface area contributed by atoms with Crippen molar-refractivity contribution in [3.8, 4) is 16.2 Å². The number of nitrogens with zero attached hydrogens (tertiary/aromatic N) is 2. The molecule has 0 saturated carbocycles. The molecule has 0 saturated heterocycles. The largest absolute Gasteiger partial charge is 0.491 e. The number of primary amides is 1. The van der Waals surface area contributed by atoms with Gasteiger partial charge in [-0.15, -0.1) is 11.3 Å². The molecule has 0 bridgehead atoms. The topological polar surface area (TPSA) is 162 Å². The minimum Gasteiger partial charge on any atom is -0.491 e. The average Bonchev–Trinajstić information content (AvgIpc) is 3.76. The van der Waals surface area contributed by atoms with Crippen LogP contribution in [0.2, 0.25) is 0 Å². The van der Waals surface area contributed by atoms with Gasteiger partial charge >= 0.3 is 0 Å². The summed E-state index contributed by atoms with van der Waals surface area (Å²) in [5.74, 6) is -0.0170. The fraction of sp³-hybridized carbons (Fsp3) is 0.405. The summed E-state index contributed by atoms with van der Waals surface area (Å²) in [5.41, 5.74) is 15.3. The van der Waals surface area contributed by atoms with Gasteiger partial charge in [-0.3, -0.25) is 24.1 Å². The molecular weight excluding hydrogens is 719 g/mol. The van der Waals surface area contributed by atoms with E-state index in [-0.39, 0.29) is 24.8 Å². The summed E-state index contributed by atoms with van der Waals surface area (Å²) in [5, 5.41) is 5.77. The predicted octanol–water partition coefficient (Wildman–Crippen LogP) is 4.95. The molecule has 12 nitrogen and oxygen atoms in total. The fourth-order valence-corrected chi connectivity index (χ4v) is 7.97. The summed E-state index contributed by atoms with van der Waals surface area (Å²) in [6.07, 6.45) is 5.28. The number of hydrogen-bond acceptors (Lipinski definition) is 9. The maximum absolute atomic E-state index is 13.6. The van der Waals surface area contributed by atoms with Gasteiger partial charge in [-0.2, -0.15) is 0 Å². The van der Waals surface area contributed by atoms with Gasteiger partial charge < -0.3 is 30.6 Å². The smallest absolute Gasteiger partial charge is 0.243 e. The van der Waals surface area contributed by atoms with Gasteiger partial charge in [-0.25, -0.2) is 4.98 Å². The molecule has 0 spiro atoms. The number of amides is 4. The highest BCUT2D eigenvalue weighted by molar-refractivity contribution is 7.13. The van der Waals surface area contributed by atoms with Gasteiger partial charge in [-0.05, 0) is 72.9 Å². The van der Waals surface area contributed by atoms with Gasteiger partial charge in [0.05, 0.1) is 47.6 Å². The number of carbonyl (C=O) groups excluding carboxylic acids is 4. The van der Waals surface area contributed by atoms with Crippen LogP contribution in [0.15, 0.2) is 66.2 Å². The summed E-state index contributed by atoms with van der Waals surface area (Å²) in [4.78, 5) is 56.3. The number of ether oxygens (including phenoxy) is 3. The van der Waals surface area contributed by atoms with Crippen molar-refractivity contribution in [3.05, 3.63) is 99.7 Å². The van der Waals surface area contributed by atoms with Gasteiger partial charge in [0.25, 0.3) is 0 Å². The van der Waals surface area contributed by atoms with Crippen molar-refractivity contribution in [3.63, 3.8) is 0 Å². The van der Waals surface area contributed by atoms with Crippen LogP contribution >= 0.6 is 11.3 Å². The third kappa shape index (κ3) is 10.6. The summed E-state index contributed by atoms with van der Waals surface area (Å²) in [6, 6.07) is 19.1. The van der Waals surface area contributed by atoms with Crippen molar-refractivity contribution in [2.75, 3.05) is 31.3 Å². The number of benzene rings is 3. The molecule has 4 N–H and O–H groups in total. The zero-order chi connectivity index (χ0) is 38.6. The van der Waals surface area contributed by atoms with Crippen LogP contribution < -0.4 is 26.0 Å². The molecule has 0 unspecified atom stereocenters. The lowest BCUT2D eigenvalue weighted by molar-refractivity contribution is -0.127. The van der Waals surface area contributed by atoms with E-state index in [0.29, 0.717) is 64.4 Å². The standard InChI is InChI=1S/C42H49N5O7S/c1-28-41(55-27-45-28)33-14-15-34(23-44-26-48)37(22-33)54-20-19-52-18-4-5-29-10-12-30(13-11-29)24-53-25-35(16-17-38(43)49)46-42(51)36-21-32-8-2-6-31-7-3-9-39(50)47(36)40(31)32/h2,6,8,10-15,22,26-27,35-36H,3-5,7,9,16-21,23-25H2,1H3,(H2,43,49)(H,44,48)(H,46,51)/t35-,36-/m0/s1. The fourth-order valence-electron chi connectivity index (χ4n) is 7.16. The Morgan fingerprint density at radius 2 is 1.85 bits per heavy atom. The van der Waals surface area contributed by atoms with Crippen LogP contribution in [0.5, 0.6) is 5.75 Å². The second-order valence-corrected chi connectivity index (χ2v) is 14.8. The molecule has 0 fully saturated rings. The maximum atomic E-state index is 13.6. The Hall–Kier alpha value is -5.11. The SMILES string of the molecule is Cc1ncsc1-c1ccc(CNC=O)c(OCCOCCCc2ccc(COC[C@H](CCC(N)=O)NC(=O)[C@@H]3Cc4cccc5c4N3C(=O)CCC5)cc2)c1. The third-order valence-electron chi connectivity index (χ3n) is 9.96. The number of rotatable bonds is 21. The molecule has 3 aromatic carbocycles. The second-order valence-electron chi connectivity index (χ2n) is 14.0. The lowest BCUT2D eigenvalue weighted by atomic mass is 10.0. The number of thiazole rings is 1. The van der Waals surface area contributed by atoms with E-state index in [1.807, 2.05) is 61.0 Å². The van der Waals surface area contributed by atoms with Crippen LogP contribution in [0.3, 0.4) is 0 Å². The first-order chi connectivity index (χ1) is 26.8. The van der Waals surface area contributed by atoms with E-state index in [1.54, 1.807) is 16.2 Å². The molecule has 3 heterocycles. The molecule has 1 aromatic heterocycles. The summed E-state index contributed by atoms with van der Waals surface area (Å²) in [7, 11) is 0. The number of carbonyl (C=O) groups is 4. The van der Waals surface area contributed by atoms with E-state index in [2.05, 4.69) is 27.8 Å². The molecule has 0 radical (unpaired) electrons. The summed E-state index contributed by atoms with van der Waals surface area (Å²) < 4.78 is 18.0. The van der Waals surface area contributed by atoms with Crippen molar-refractivity contribution in [2.45, 2.75) is 83.5 Å². The molecule has 55 heavy (non-hydrogen) atoms. The Morgan fingerprint density at radius 1 is 1.04 bits per heavy atom. The van der Waals surface area contributed by atoms with Gasteiger partial charge in [0.15, 0.2) is 0 Å². The first-order valence-corrected chi connectivity index (χ1v) is 19.8. The second kappa shape index (κ2) is 19.5. The number of hydrogen-bond donors (Lipinski definition) is 3. The summed E-state index contributed by atoms with van der Waals surface area (Å²) >= 11 is 1.58. The highest BCUT2D eigenvalue weighted by Gasteiger charge is 2.41. The molecule has 2 aliphatic heterocycles. The Balaban J connectivity index is 0.918. The van der Waals surface area contributed by atoms with E-state index in [0.717, 1.165) is 69.8 Å². The molecular formula is C42H49N5O7S. The third-order valence-corrected chi connectivity index (χ3v) is 10.9. The van der Waals surface area contributed by atoms with Crippen molar-refractivity contribution < 1.29 is 33.4 Å². The van der Waals surface area contributed by atoms with Crippen molar-refractivity contribution in [2.24, 2.45) is 5.73 Å². The number of nitrogens with one attached hydrogen (secondary N) is 2. The minimum atomic E-state index is -0.628. The van der Waals surface area contributed by atoms with E-state index >= 15 is 0 Å². The highest BCUT2D eigenvalue weighted by Crippen LogP contribution is 2.39. The Labute approximate surface area is 325 Å². The van der Waals surface area contributed by atoms with Crippen LogP contribution in [-0.4, -0.2) is 67.6 Å². The Morgan fingerprint density at radius 3 is 2.64 bits per heavy atom. The van der Waals surface area contributed by atoms with Gasteiger partial charge in [0.1, 0.15) is 18.4 Å². The first kappa shape index (κ1) is 39.6. The van der Waals surface area contributed by atoms with Crippen molar-refractivity contribution in [1.29, 1.82) is 0 Å².